The quantitative estimate of drug-likeness (QED) is 0.636. The Balaban J connectivity index is 0.000000187. The maximum atomic E-state index is 9.10. The normalized spacial score (nSPS) is 9.00. The van der Waals surface area contributed by atoms with Gasteiger partial charge in [0.25, 0.3) is 0 Å². The lowest BCUT2D eigenvalue weighted by Gasteiger charge is -1.90. The molecule has 2 aromatic rings. The van der Waals surface area contributed by atoms with Gasteiger partial charge in [-0.15, -0.1) is 0 Å². The Morgan fingerprint density at radius 2 is 1.25 bits per heavy atom. The second-order valence-electron chi connectivity index (χ2n) is 2.73. The van der Waals surface area contributed by atoms with Crippen LogP contribution in [0.25, 0.3) is 10.8 Å². The molecule has 0 saturated carbocycles. The van der Waals surface area contributed by atoms with Crippen LogP contribution in [-0.2, 0) is 9.59 Å². The van der Waals surface area contributed by atoms with E-state index < -0.39 is 11.9 Å². The van der Waals surface area contributed by atoms with Gasteiger partial charge in [-0.05, 0) is 0 Å². The summed E-state index contributed by atoms with van der Waals surface area (Å²) in [6, 6.07) is 8.02. The van der Waals surface area contributed by atoms with E-state index in [9.17, 15) is 0 Å². The van der Waals surface area contributed by atoms with Gasteiger partial charge in [0, 0.05) is 10.8 Å². The number of carboxylic acids is 2. The summed E-state index contributed by atoms with van der Waals surface area (Å²) in [6.07, 6.45) is 3.52. The van der Waals surface area contributed by atoms with Crippen LogP contribution in [0.1, 0.15) is 0 Å². The first-order chi connectivity index (χ1) is 7.61. The van der Waals surface area contributed by atoms with Crippen LogP contribution in [0, 0.1) is 0 Å². The molecule has 1 aromatic heterocycles. The molecule has 2 N–H and O–H groups in total. The zero-order valence-corrected chi connectivity index (χ0v) is 8.07. The van der Waals surface area contributed by atoms with Gasteiger partial charge in [-0.25, -0.2) is 9.59 Å². The van der Waals surface area contributed by atoms with Crippen molar-refractivity contribution in [3.05, 3.63) is 36.7 Å². The lowest BCUT2D eigenvalue weighted by atomic mass is 10.2. The Bertz CT molecular complexity index is 435. The van der Waals surface area contributed by atoms with Gasteiger partial charge in [0.05, 0.1) is 12.4 Å². The predicted molar refractivity (Wildman–Crippen MR) is 54.8 cm³/mol. The van der Waals surface area contributed by atoms with E-state index in [2.05, 4.69) is 10.2 Å². The van der Waals surface area contributed by atoms with Gasteiger partial charge in [0.2, 0.25) is 0 Å². The summed E-state index contributed by atoms with van der Waals surface area (Å²) in [5.41, 5.74) is 0. The Morgan fingerprint density at radius 3 is 1.56 bits per heavy atom. The van der Waals surface area contributed by atoms with E-state index in [1.165, 1.54) is 0 Å². The van der Waals surface area contributed by atoms with Crippen LogP contribution in [0.4, 0.5) is 0 Å². The lowest BCUT2D eigenvalue weighted by Crippen LogP contribution is -2.09. The molecule has 1 aromatic carbocycles. The summed E-state index contributed by atoms with van der Waals surface area (Å²) < 4.78 is 0. The maximum Gasteiger partial charge on any atom is 0.414 e. The van der Waals surface area contributed by atoms with Crippen molar-refractivity contribution in [3.63, 3.8) is 0 Å². The van der Waals surface area contributed by atoms with Crippen LogP contribution in [0.15, 0.2) is 36.7 Å². The van der Waals surface area contributed by atoms with Gasteiger partial charge < -0.3 is 10.2 Å². The number of aliphatic carboxylic acids is 2. The fourth-order valence-corrected chi connectivity index (χ4v) is 0.937. The highest BCUT2D eigenvalue weighted by Crippen LogP contribution is 2.08. The number of aromatic nitrogens is 2. The lowest BCUT2D eigenvalue weighted by molar-refractivity contribution is -0.159. The number of carbonyl (C=O) groups is 2. The molecule has 0 aliphatic rings. The van der Waals surface area contributed by atoms with Crippen LogP contribution < -0.4 is 0 Å². The van der Waals surface area contributed by atoms with E-state index in [0.717, 1.165) is 10.8 Å². The molecule has 0 fully saturated rings. The molecule has 6 heteroatoms. The topological polar surface area (TPSA) is 100 Å². The smallest absolute Gasteiger partial charge is 0.414 e. The van der Waals surface area contributed by atoms with Gasteiger partial charge >= 0.3 is 11.9 Å². The molecule has 0 aliphatic heterocycles. The standard InChI is InChI=1S/C8H6N2.C2H2O4/c1-2-4-8-6-10-9-5-7(8)3-1;3-1(4)2(5)6/h1-6H;(H,3,4)(H,5,6). The van der Waals surface area contributed by atoms with E-state index in [0.29, 0.717) is 0 Å². The zero-order chi connectivity index (χ0) is 12.0. The van der Waals surface area contributed by atoms with Crippen molar-refractivity contribution in [2.75, 3.05) is 0 Å². The second-order valence-corrected chi connectivity index (χ2v) is 2.73. The molecule has 6 nitrogen and oxygen atoms in total. The molecule has 0 aliphatic carbocycles. The molecule has 0 unspecified atom stereocenters. The summed E-state index contributed by atoms with van der Waals surface area (Å²) in [5.74, 6) is -3.65. The van der Waals surface area contributed by atoms with E-state index in [1.54, 1.807) is 12.4 Å². The number of rotatable bonds is 0. The molecular formula is C10H8N2O4. The number of carboxylic acid groups (broad SMARTS) is 2. The summed E-state index contributed by atoms with van der Waals surface area (Å²) in [4.78, 5) is 18.2. The van der Waals surface area contributed by atoms with Crippen molar-refractivity contribution in [1.29, 1.82) is 0 Å². The number of fused-ring (bicyclic) bond motifs is 1. The summed E-state index contributed by atoms with van der Waals surface area (Å²) in [7, 11) is 0. The van der Waals surface area contributed by atoms with Crippen molar-refractivity contribution >= 4 is 22.7 Å². The Labute approximate surface area is 90.2 Å². The minimum Gasteiger partial charge on any atom is -0.473 e. The van der Waals surface area contributed by atoms with E-state index in [1.807, 2.05) is 24.3 Å². The average molecular weight is 220 g/mol. The third kappa shape index (κ3) is 3.33. The summed E-state index contributed by atoms with van der Waals surface area (Å²) >= 11 is 0. The molecule has 16 heavy (non-hydrogen) atoms. The van der Waals surface area contributed by atoms with E-state index in [-0.39, 0.29) is 0 Å². The Hall–Kier alpha value is -2.50. The SMILES string of the molecule is O=C(O)C(=O)O.c1ccc2cnncc2c1. The zero-order valence-electron chi connectivity index (χ0n) is 8.07. The molecule has 0 amide bonds. The fraction of sp³-hybridized carbons (Fsp3) is 0. The molecule has 2 rings (SSSR count). The van der Waals surface area contributed by atoms with Gasteiger partial charge in [-0.1, -0.05) is 24.3 Å². The molecule has 82 valence electrons. The van der Waals surface area contributed by atoms with Crippen LogP contribution in [-0.4, -0.2) is 32.3 Å². The molecule has 0 bridgehead atoms. The van der Waals surface area contributed by atoms with Crippen LogP contribution in [0.2, 0.25) is 0 Å². The first-order valence-corrected chi connectivity index (χ1v) is 4.23. The fourth-order valence-electron chi connectivity index (χ4n) is 0.937. The van der Waals surface area contributed by atoms with Crippen LogP contribution in [0.5, 0.6) is 0 Å². The molecule has 0 saturated heterocycles. The Morgan fingerprint density at radius 1 is 0.875 bits per heavy atom. The van der Waals surface area contributed by atoms with Crippen molar-refractivity contribution in [3.8, 4) is 0 Å². The number of hydrogen-bond donors (Lipinski definition) is 2. The Kier molecular flexibility index (Phi) is 3.90. The molecule has 0 spiro atoms. The maximum absolute atomic E-state index is 9.10. The van der Waals surface area contributed by atoms with Crippen LogP contribution in [0.3, 0.4) is 0 Å². The first kappa shape index (κ1) is 11.6. The molecule has 1 heterocycles. The van der Waals surface area contributed by atoms with Gasteiger partial charge in [-0.2, -0.15) is 10.2 Å². The van der Waals surface area contributed by atoms with E-state index >= 15 is 0 Å². The highest BCUT2D eigenvalue weighted by Gasteiger charge is 2.04. The van der Waals surface area contributed by atoms with Crippen molar-refractivity contribution in [2.45, 2.75) is 0 Å². The van der Waals surface area contributed by atoms with Gasteiger partial charge in [-0.3, -0.25) is 0 Å². The summed E-state index contributed by atoms with van der Waals surface area (Å²) in [6.45, 7) is 0. The number of benzene rings is 1. The third-order valence-corrected chi connectivity index (χ3v) is 1.64. The minimum absolute atomic E-state index is 1.14. The second kappa shape index (κ2) is 5.40. The molecule has 0 radical (unpaired) electrons. The minimum atomic E-state index is -1.82. The molecule has 0 atom stereocenters. The van der Waals surface area contributed by atoms with E-state index in [4.69, 9.17) is 19.8 Å². The van der Waals surface area contributed by atoms with Crippen LogP contribution >= 0.6 is 0 Å². The predicted octanol–water partition coefficient (Wildman–Crippen LogP) is 0.785. The third-order valence-electron chi connectivity index (χ3n) is 1.64. The highest BCUT2D eigenvalue weighted by molar-refractivity contribution is 6.27. The summed E-state index contributed by atoms with van der Waals surface area (Å²) in [5, 5.41) is 24.6. The first-order valence-electron chi connectivity index (χ1n) is 4.23. The van der Waals surface area contributed by atoms with Gasteiger partial charge in [0.1, 0.15) is 0 Å². The van der Waals surface area contributed by atoms with Gasteiger partial charge in [0.15, 0.2) is 0 Å². The number of nitrogens with zero attached hydrogens (tertiary/aromatic N) is 2. The number of hydrogen-bond acceptors (Lipinski definition) is 4. The highest BCUT2D eigenvalue weighted by atomic mass is 16.4. The monoisotopic (exact) mass is 220 g/mol. The van der Waals surface area contributed by atoms with Crippen molar-refractivity contribution in [2.24, 2.45) is 0 Å². The average Bonchev–Trinajstić information content (AvgIpc) is 2.30. The van der Waals surface area contributed by atoms with Crippen molar-refractivity contribution < 1.29 is 19.8 Å². The largest absolute Gasteiger partial charge is 0.473 e. The van der Waals surface area contributed by atoms with Crippen molar-refractivity contribution in [1.82, 2.24) is 10.2 Å². The molecular weight excluding hydrogens is 212 g/mol.